The van der Waals surface area contributed by atoms with Gasteiger partial charge in [-0.05, 0) is 0 Å². The SMILES string of the molecule is CCC[CH2][Al+][CH2]CCC.[O-]C(C1CC1)C1CC1. The van der Waals surface area contributed by atoms with Gasteiger partial charge in [-0.1, -0.05) is 37.5 Å². The Labute approximate surface area is 114 Å². The van der Waals surface area contributed by atoms with E-state index >= 15 is 0 Å². The molecule has 0 bridgehead atoms. The van der Waals surface area contributed by atoms with Crippen molar-refractivity contribution in [3.8, 4) is 0 Å². The fourth-order valence-electron chi connectivity index (χ4n) is 2.08. The smallest absolute Gasteiger partial charge is 0.0512 e. The average Bonchev–Trinajstić information content (AvgIpc) is 3.22. The molecule has 2 aliphatic rings. The molecular weight excluding hydrogens is 223 g/mol. The molecule has 2 heteroatoms. The number of unbranched alkanes of at least 4 members (excludes halogenated alkanes) is 2. The number of rotatable bonds is 8. The Bertz CT molecular complexity index is 158. The zero-order chi connectivity index (χ0) is 12.5. The van der Waals surface area contributed by atoms with Gasteiger partial charge in [-0.3, -0.25) is 0 Å². The summed E-state index contributed by atoms with van der Waals surface area (Å²) in [5.41, 5.74) is 0. The summed E-state index contributed by atoms with van der Waals surface area (Å²) in [6.45, 7) is 4.55. The Morgan fingerprint density at radius 1 is 0.941 bits per heavy atom. The van der Waals surface area contributed by atoms with Gasteiger partial charge in [0.25, 0.3) is 0 Å². The largest absolute Gasteiger partial charge is 0.852 e. The number of hydrogen-bond donors (Lipinski definition) is 0. The molecular formula is C15H29AlO. The van der Waals surface area contributed by atoms with E-state index in [1.165, 1.54) is 61.9 Å². The Morgan fingerprint density at radius 2 is 1.35 bits per heavy atom. The van der Waals surface area contributed by atoms with Crippen LogP contribution in [0, 0.1) is 11.8 Å². The predicted octanol–water partition coefficient (Wildman–Crippen LogP) is 3.66. The molecule has 98 valence electrons. The molecule has 0 aliphatic heterocycles. The number of hydrogen-bond acceptors (Lipinski definition) is 1. The predicted molar refractivity (Wildman–Crippen MR) is 74.4 cm³/mol. The van der Waals surface area contributed by atoms with Crippen LogP contribution in [0.1, 0.15) is 65.2 Å². The zero-order valence-corrected chi connectivity index (χ0v) is 12.9. The summed E-state index contributed by atoms with van der Waals surface area (Å²) in [6.07, 6.45) is 10.5. The summed E-state index contributed by atoms with van der Waals surface area (Å²) >= 11 is 0.818. The molecule has 0 heterocycles. The average molecular weight is 252 g/mol. The third-order valence-electron chi connectivity index (χ3n) is 3.70. The van der Waals surface area contributed by atoms with Crippen LogP contribution >= 0.6 is 0 Å². The molecule has 17 heavy (non-hydrogen) atoms. The molecule has 0 atom stereocenters. The molecule has 2 aliphatic carbocycles. The van der Waals surface area contributed by atoms with Crippen LogP contribution in [0.25, 0.3) is 0 Å². The van der Waals surface area contributed by atoms with Crippen molar-refractivity contribution in [3.63, 3.8) is 0 Å². The maximum Gasteiger partial charge on any atom is -0.0512 e. The molecule has 0 N–H and O–H groups in total. The van der Waals surface area contributed by atoms with E-state index in [0.717, 1.165) is 15.2 Å². The molecule has 0 spiro atoms. The van der Waals surface area contributed by atoms with Crippen LogP contribution in [0.2, 0.25) is 10.6 Å². The molecule has 0 aromatic heterocycles. The molecule has 0 saturated heterocycles. The van der Waals surface area contributed by atoms with Gasteiger partial charge in [0.05, 0.1) is 0 Å². The van der Waals surface area contributed by atoms with Gasteiger partial charge in [-0.15, -0.1) is 6.10 Å². The molecule has 2 saturated carbocycles. The Hall–Kier alpha value is 0.492. The van der Waals surface area contributed by atoms with Gasteiger partial charge in [0.1, 0.15) is 0 Å². The maximum absolute atomic E-state index is 11.1. The van der Waals surface area contributed by atoms with Crippen molar-refractivity contribution in [1.29, 1.82) is 0 Å². The van der Waals surface area contributed by atoms with Crippen LogP contribution in [0.4, 0.5) is 0 Å². The summed E-state index contributed by atoms with van der Waals surface area (Å²) in [7, 11) is 0. The van der Waals surface area contributed by atoms with Crippen molar-refractivity contribution in [2.24, 2.45) is 11.8 Å². The van der Waals surface area contributed by atoms with Crippen molar-refractivity contribution in [3.05, 3.63) is 0 Å². The summed E-state index contributed by atoms with van der Waals surface area (Å²) in [6, 6.07) is 0. The van der Waals surface area contributed by atoms with Gasteiger partial charge in [0, 0.05) is 0 Å². The third-order valence-corrected chi connectivity index (χ3v) is 5.33. The van der Waals surface area contributed by atoms with E-state index in [1.807, 2.05) is 0 Å². The van der Waals surface area contributed by atoms with E-state index in [-0.39, 0.29) is 6.10 Å². The molecule has 2 rings (SSSR count). The normalized spacial score (nSPS) is 18.6. The molecule has 0 amide bonds. The first-order valence-electron chi connectivity index (χ1n) is 7.77. The van der Waals surface area contributed by atoms with Crippen LogP contribution in [0.3, 0.4) is 0 Å². The molecule has 0 aromatic carbocycles. The quantitative estimate of drug-likeness (QED) is 0.477. The van der Waals surface area contributed by atoms with E-state index < -0.39 is 0 Å². The molecule has 1 nitrogen and oxygen atoms in total. The second-order valence-corrected chi connectivity index (χ2v) is 7.44. The standard InChI is InChI=1S/C7H11O.2C4H9.Al/c8-7(5-1-2-5)6-3-4-6;2*1-3-4-2;/h5-7H,1-4H2;2*1,3-4H2,2H3;/q-1;;;+1. The van der Waals surface area contributed by atoms with Gasteiger partial charge in [0.2, 0.25) is 0 Å². The summed E-state index contributed by atoms with van der Waals surface area (Å²) < 4.78 is 0. The second kappa shape index (κ2) is 9.43. The fraction of sp³-hybridized carbons (Fsp3) is 1.00. The Balaban J connectivity index is 0.000000170. The van der Waals surface area contributed by atoms with Crippen molar-refractivity contribution < 1.29 is 5.11 Å². The maximum atomic E-state index is 11.1. The van der Waals surface area contributed by atoms with Crippen LogP contribution in [-0.4, -0.2) is 21.3 Å². The fourth-order valence-corrected chi connectivity index (χ4v) is 3.76. The Morgan fingerprint density at radius 3 is 1.65 bits per heavy atom. The first-order chi connectivity index (χ1) is 8.29. The van der Waals surface area contributed by atoms with Crippen molar-refractivity contribution in [2.75, 3.05) is 0 Å². The molecule has 2 fully saturated rings. The van der Waals surface area contributed by atoms with E-state index in [4.69, 9.17) is 0 Å². The zero-order valence-electron chi connectivity index (χ0n) is 11.8. The van der Waals surface area contributed by atoms with Gasteiger partial charge in [-0.2, -0.15) is 0 Å². The molecule has 0 unspecified atom stereocenters. The summed E-state index contributed by atoms with van der Waals surface area (Å²) in [5.74, 6) is 1.20. The van der Waals surface area contributed by atoms with Crippen LogP contribution < -0.4 is 5.11 Å². The minimum atomic E-state index is -0.157. The monoisotopic (exact) mass is 252 g/mol. The molecule has 0 radical (unpaired) electrons. The van der Waals surface area contributed by atoms with Gasteiger partial charge < -0.3 is 5.11 Å². The minimum Gasteiger partial charge on any atom is -0.852 e. The van der Waals surface area contributed by atoms with Gasteiger partial charge in [-0.25, -0.2) is 0 Å². The van der Waals surface area contributed by atoms with E-state index in [9.17, 15) is 5.11 Å². The van der Waals surface area contributed by atoms with Crippen LogP contribution in [0.15, 0.2) is 0 Å². The van der Waals surface area contributed by atoms with E-state index in [2.05, 4.69) is 13.8 Å². The first-order valence-corrected chi connectivity index (χ1v) is 9.40. The second-order valence-electron chi connectivity index (χ2n) is 5.71. The topological polar surface area (TPSA) is 23.1 Å². The van der Waals surface area contributed by atoms with E-state index in [0.29, 0.717) is 11.8 Å². The Kier molecular flexibility index (Phi) is 8.62. The van der Waals surface area contributed by atoms with Crippen molar-refractivity contribution in [2.45, 2.75) is 81.9 Å². The third kappa shape index (κ3) is 8.25. The van der Waals surface area contributed by atoms with E-state index in [1.54, 1.807) is 0 Å². The summed E-state index contributed by atoms with van der Waals surface area (Å²) in [4.78, 5) is 0. The van der Waals surface area contributed by atoms with Gasteiger partial charge >= 0.3 is 65.3 Å². The van der Waals surface area contributed by atoms with Crippen molar-refractivity contribution in [1.82, 2.24) is 0 Å². The molecule has 0 aromatic rings. The minimum absolute atomic E-state index is 0.157. The van der Waals surface area contributed by atoms with Crippen LogP contribution in [-0.2, 0) is 0 Å². The van der Waals surface area contributed by atoms with Gasteiger partial charge in [0.15, 0.2) is 0 Å². The van der Waals surface area contributed by atoms with Crippen molar-refractivity contribution >= 4 is 15.2 Å². The first kappa shape index (κ1) is 15.5. The van der Waals surface area contributed by atoms with Crippen LogP contribution in [0.5, 0.6) is 0 Å². The summed E-state index contributed by atoms with van der Waals surface area (Å²) in [5, 5.41) is 14.1.